The summed E-state index contributed by atoms with van der Waals surface area (Å²) in [6.07, 6.45) is -1.27. The zero-order chi connectivity index (χ0) is 27.7. The molecule has 3 aromatic rings. The van der Waals surface area contributed by atoms with Crippen LogP contribution in [0.3, 0.4) is 0 Å². The highest BCUT2D eigenvalue weighted by Crippen LogP contribution is 2.34. The van der Waals surface area contributed by atoms with Crippen LogP contribution in [0, 0.1) is 20.8 Å². The molecule has 0 bridgehead atoms. The highest BCUT2D eigenvalue weighted by molar-refractivity contribution is 7.92. The van der Waals surface area contributed by atoms with E-state index in [9.17, 15) is 26.4 Å². The first-order valence-corrected chi connectivity index (χ1v) is 14.6. The molecule has 1 aliphatic heterocycles. The first kappa shape index (κ1) is 28.0. The number of nitrogens with zero attached hydrogens (tertiary/aromatic N) is 1. The molecule has 1 N–H and O–H groups in total. The first-order valence-electron chi connectivity index (χ1n) is 12.2. The lowest BCUT2D eigenvalue weighted by Crippen LogP contribution is -2.31. The number of alkyl halides is 3. The molecule has 38 heavy (non-hydrogen) atoms. The molecule has 204 valence electrons. The molecule has 0 unspecified atom stereocenters. The van der Waals surface area contributed by atoms with Crippen LogP contribution < -0.4 is 14.4 Å². The number of rotatable bonds is 8. The number of Topliss-reactive ketones (excluding diaryl/α,β-unsaturated/α-hetero) is 1. The lowest BCUT2D eigenvalue weighted by Gasteiger charge is -2.33. The van der Waals surface area contributed by atoms with Crippen molar-refractivity contribution in [3.05, 3.63) is 68.9 Å². The molecule has 1 aliphatic rings. The Morgan fingerprint density at radius 3 is 2.32 bits per heavy atom. The van der Waals surface area contributed by atoms with Crippen molar-refractivity contribution in [3.8, 4) is 5.75 Å². The third-order valence-electron chi connectivity index (χ3n) is 6.63. The quantitative estimate of drug-likeness (QED) is 0.304. The van der Waals surface area contributed by atoms with Gasteiger partial charge in [-0.05, 0) is 98.0 Å². The van der Waals surface area contributed by atoms with Crippen LogP contribution in [0.15, 0.2) is 46.7 Å². The number of hydrogen-bond acceptors (Lipinski definition) is 6. The van der Waals surface area contributed by atoms with Crippen LogP contribution in [0.1, 0.15) is 51.2 Å². The molecule has 2 heterocycles. The molecule has 0 atom stereocenters. The Kier molecular flexibility index (Phi) is 8.08. The van der Waals surface area contributed by atoms with Gasteiger partial charge in [0.1, 0.15) is 5.75 Å². The molecule has 0 saturated carbocycles. The number of aryl methyl sites for hydroxylation is 2. The third-order valence-corrected chi connectivity index (χ3v) is 8.97. The van der Waals surface area contributed by atoms with Crippen molar-refractivity contribution in [1.29, 1.82) is 0 Å². The Bertz CT molecular complexity index is 1430. The number of ether oxygens (including phenoxy) is 1. The molecular weight excluding hydrogens is 537 g/mol. The molecule has 0 radical (unpaired) electrons. The predicted octanol–water partition coefficient (Wildman–Crippen LogP) is 6.79. The molecule has 0 aliphatic carbocycles. The van der Waals surface area contributed by atoms with E-state index >= 15 is 0 Å². The number of benzene rings is 2. The molecule has 1 fully saturated rings. The van der Waals surface area contributed by atoms with E-state index in [1.807, 2.05) is 13.8 Å². The molecule has 0 amide bonds. The van der Waals surface area contributed by atoms with E-state index in [1.54, 1.807) is 5.38 Å². The summed E-state index contributed by atoms with van der Waals surface area (Å²) in [6, 6.07) is 7.47. The van der Waals surface area contributed by atoms with Crippen molar-refractivity contribution >= 4 is 38.5 Å². The van der Waals surface area contributed by atoms with E-state index in [0.29, 0.717) is 0 Å². The number of sulfonamides is 1. The number of thiophene rings is 1. The van der Waals surface area contributed by atoms with Crippen molar-refractivity contribution in [3.63, 3.8) is 0 Å². The maximum atomic E-state index is 13.4. The number of piperidine rings is 1. The second-order valence-electron chi connectivity index (χ2n) is 9.40. The van der Waals surface area contributed by atoms with Crippen LogP contribution in [0.5, 0.6) is 5.75 Å². The van der Waals surface area contributed by atoms with Crippen LogP contribution in [-0.4, -0.2) is 33.7 Å². The minimum absolute atomic E-state index is 0.123. The number of anilines is 2. The number of carbonyl (C=O) groups excluding carboxylic acids is 1. The van der Waals surface area contributed by atoms with Gasteiger partial charge in [0.2, 0.25) is 0 Å². The van der Waals surface area contributed by atoms with Crippen LogP contribution in [0.4, 0.5) is 24.5 Å². The van der Waals surface area contributed by atoms with Crippen LogP contribution in [0.2, 0.25) is 0 Å². The molecule has 4 rings (SSSR count). The number of nitrogens with one attached hydrogen (secondary N) is 1. The van der Waals surface area contributed by atoms with E-state index < -0.39 is 22.1 Å². The predicted molar refractivity (Wildman–Crippen MR) is 143 cm³/mol. The number of halogens is 3. The maximum Gasteiger partial charge on any atom is 0.573 e. The topological polar surface area (TPSA) is 75.7 Å². The van der Waals surface area contributed by atoms with Gasteiger partial charge in [0, 0.05) is 25.2 Å². The molecular formula is C27H29F3N2O4S2. The summed E-state index contributed by atoms with van der Waals surface area (Å²) in [5.41, 5.74) is 5.49. The molecule has 1 saturated heterocycles. The Morgan fingerprint density at radius 1 is 1.03 bits per heavy atom. The van der Waals surface area contributed by atoms with E-state index in [4.69, 9.17) is 0 Å². The van der Waals surface area contributed by atoms with E-state index in [1.165, 1.54) is 23.7 Å². The molecule has 6 nitrogen and oxygen atoms in total. The average Bonchev–Trinajstić information content (AvgIpc) is 3.29. The van der Waals surface area contributed by atoms with Gasteiger partial charge in [-0.1, -0.05) is 6.07 Å². The fraction of sp³-hybridized carbons (Fsp3) is 0.370. The van der Waals surface area contributed by atoms with Crippen molar-refractivity contribution in [2.45, 2.75) is 57.7 Å². The minimum Gasteiger partial charge on any atom is -0.406 e. The largest absolute Gasteiger partial charge is 0.573 e. The molecule has 1 aromatic heterocycles. The summed E-state index contributed by atoms with van der Waals surface area (Å²) in [6.45, 7) is 8.07. The fourth-order valence-electron chi connectivity index (χ4n) is 4.96. The van der Waals surface area contributed by atoms with Gasteiger partial charge in [0.15, 0.2) is 5.78 Å². The SMILES string of the molecule is Cc1cc(C)c(N2CCCCC2)c(C)c1CC(=O)c1sccc1NS(=O)(=O)c1ccc(OC(F)(F)F)cc1. The normalized spacial score (nSPS) is 14.4. The van der Waals surface area contributed by atoms with Gasteiger partial charge in [-0.15, -0.1) is 24.5 Å². The fourth-order valence-corrected chi connectivity index (χ4v) is 6.89. The Balaban J connectivity index is 1.55. The van der Waals surface area contributed by atoms with Gasteiger partial charge in [-0.2, -0.15) is 0 Å². The van der Waals surface area contributed by atoms with Crippen LogP contribution in [0.25, 0.3) is 0 Å². The van der Waals surface area contributed by atoms with E-state index in [2.05, 4.69) is 27.3 Å². The lowest BCUT2D eigenvalue weighted by atomic mass is 9.92. The van der Waals surface area contributed by atoms with Gasteiger partial charge in [-0.3, -0.25) is 9.52 Å². The monoisotopic (exact) mass is 566 g/mol. The lowest BCUT2D eigenvalue weighted by molar-refractivity contribution is -0.274. The minimum atomic E-state index is -4.88. The standard InChI is InChI=1S/C27H29F3N2O4S2/c1-17-15-18(2)25(32-12-5-4-6-13-32)19(3)22(17)16-24(33)26-23(11-14-37-26)31-38(34,35)21-9-7-20(8-10-21)36-27(28,29)30/h7-11,14-15,31H,4-6,12-13,16H2,1-3H3. The second kappa shape index (κ2) is 11.0. The van der Waals surface area contributed by atoms with Gasteiger partial charge in [0.05, 0.1) is 15.5 Å². The Labute approximate surface area is 224 Å². The van der Waals surface area contributed by atoms with Crippen molar-refractivity contribution < 1.29 is 31.1 Å². The Hall–Kier alpha value is -3.05. The van der Waals surface area contributed by atoms with Gasteiger partial charge in [-0.25, -0.2) is 8.42 Å². The number of hydrogen-bond donors (Lipinski definition) is 1. The van der Waals surface area contributed by atoms with Crippen molar-refractivity contribution in [1.82, 2.24) is 0 Å². The second-order valence-corrected chi connectivity index (χ2v) is 12.0. The van der Waals surface area contributed by atoms with Crippen molar-refractivity contribution in [2.24, 2.45) is 0 Å². The summed E-state index contributed by atoms with van der Waals surface area (Å²) in [5.74, 6) is -0.748. The van der Waals surface area contributed by atoms with Crippen LogP contribution in [-0.2, 0) is 16.4 Å². The zero-order valence-electron chi connectivity index (χ0n) is 21.3. The van der Waals surface area contributed by atoms with E-state index in [0.717, 1.165) is 78.2 Å². The van der Waals surface area contributed by atoms with Crippen LogP contribution >= 0.6 is 11.3 Å². The third kappa shape index (κ3) is 6.32. The average molecular weight is 567 g/mol. The summed E-state index contributed by atoms with van der Waals surface area (Å²) < 4.78 is 69.2. The highest BCUT2D eigenvalue weighted by Gasteiger charge is 2.31. The number of ketones is 1. The van der Waals surface area contributed by atoms with E-state index in [-0.39, 0.29) is 27.7 Å². The maximum absolute atomic E-state index is 13.4. The molecule has 11 heteroatoms. The smallest absolute Gasteiger partial charge is 0.406 e. The molecule has 2 aromatic carbocycles. The van der Waals surface area contributed by atoms with Gasteiger partial charge >= 0.3 is 6.36 Å². The summed E-state index contributed by atoms with van der Waals surface area (Å²) in [7, 11) is -4.15. The zero-order valence-corrected chi connectivity index (χ0v) is 22.9. The summed E-state index contributed by atoms with van der Waals surface area (Å²) in [5, 5.41) is 1.62. The Morgan fingerprint density at radius 2 is 1.68 bits per heavy atom. The number of carbonyl (C=O) groups is 1. The first-order chi connectivity index (χ1) is 17.9. The van der Waals surface area contributed by atoms with Crippen molar-refractivity contribution in [2.75, 3.05) is 22.7 Å². The highest BCUT2D eigenvalue weighted by atomic mass is 32.2. The summed E-state index contributed by atoms with van der Waals surface area (Å²) >= 11 is 1.14. The summed E-state index contributed by atoms with van der Waals surface area (Å²) in [4.78, 5) is 15.8. The van der Waals surface area contributed by atoms with Gasteiger partial charge < -0.3 is 9.64 Å². The molecule has 0 spiro atoms. The van der Waals surface area contributed by atoms with Gasteiger partial charge in [0.25, 0.3) is 10.0 Å².